The quantitative estimate of drug-likeness (QED) is 0.145. The number of hydrogen-bond acceptors (Lipinski definition) is 2. The molecule has 175 valence electrons. The molecular formula is C27H42NaO3S. The Balaban J connectivity index is 0.00000512. The largest absolute Gasteiger partial charge is 0.295 e. The summed E-state index contributed by atoms with van der Waals surface area (Å²) >= 11 is 0. The van der Waals surface area contributed by atoms with Crippen molar-refractivity contribution in [2.45, 2.75) is 115 Å². The molecule has 0 aliphatic heterocycles. The van der Waals surface area contributed by atoms with Crippen LogP contribution in [0.25, 0.3) is 10.8 Å². The smallest absolute Gasteiger partial charge is 0.282 e. The van der Waals surface area contributed by atoms with E-state index in [4.69, 9.17) is 0 Å². The molecule has 5 heteroatoms. The summed E-state index contributed by atoms with van der Waals surface area (Å²) in [4.78, 5) is 0.0935. The topological polar surface area (TPSA) is 54.4 Å². The van der Waals surface area contributed by atoms with Crippen LogP contribution in [0.2, 0.25) is 0 Å². The molecule has 0 fully saturated rings. The first kappa shape index (κ1) is 29.6. The second kappa shape index (κ2) is 17.1. The van der Waals surface area contributed by atoms with Crippen molar-refractivity contribution in [3.63, 3.8) is 0 Å². The van der Waals surface area contributed by atoms with Gasteiger partial charge in [0, 0.05) is 34.9 Å². The van der Waals surface area contributed by atoms with Crippen LogP contribution in [0.15, 0.2) is 41.3 Å². The molecule has 0 aliphatic rings. The van der Waals surface area contributed by atoms with Crippen LogP contribution in [0.3, 0.4) is 0 Å². The van der Waals surface area contributed by atoms with Crippen LogP contribution in [0, 0.1) is 0 Å². The number of hydrogen-bond donors (Lipinski definition) is 1. The summed E-state index contributed by atoms with van der Waals surface area (Å²) in [6.45, 7) is 2.27. The molecule has 0 heterocycles. The van der Waals surface area contributed by atoms with Gasteiger partial charge in [-0.3, -0.25) is 4.55 Å². The second-order valence-electron chi connectivity index (χ2n) is 8.95. The molecule has 0 aliphatic carbocycles. The van der Waals surface area contributed by atoms with E-state index in [0.29, 0.717) is 11.8 Å². The first-order valence-electron chi connectivity index (χ1n) is 12.5. The van der Waals surface area contributed by atoms with E-state index >= 15 is 0 Å². The van der Waals surface area contributed by atoms with E-state index in [9.17, 15) is 13.0 Å². The fourth-order valence-electron chi connectivity index (χ4n) is 4.48. The Bertz CT molecular complexity index is 864. The van der Waals surface area contributed by atoms with Gasteiger partial charge in [-0.15, -0.1) is 0 Å². The molecule has 0 aromatic heterocycles. The van der Waals surface area contributed by atoms with Gasteiger partial charge in [-0.1, -0.05) is 133 Å². The van der Waals surface area contributed by atoms with Crippen molar-refractivity contribution in [1.29, 1.82) is 0 Å². The van der Waals surface area contributed by atoms with Crippen LogP contribution >= 0.6 is 0 Å². The maximum absolute atomic E-state index is 12.0. The number of rotatable bonds is 17. The Morgan fingerprint density at radius 1 is 0.656 bits per heavy atom. The van der Waals surface area contributed by atoms with E-state index in [1.54, 1.807) is 6.07 Å². The molecule has 0 saturated heterocycles. The summed E-state index contributed by atoms with van der Waals surface area (Å²) < 4.78 is 33.7. The first-order valence-corrected chi connectivity index (χ1v) is 14.0. The molecule has 0 bridgehead atoms. The Kier molecular flexibility index (Phi) is 15.8. The maximum atomic E-state index is 12.0. The molecular weight excluding hydrogens is 427 g/mol. The van der Waals surface area contributed by atoms with E-state index in [1.165, 1.54) is 83.5 Å². The second-order valence-corrected chi connectivity index (χ2v) is 10.3. The molecule has 0 amide bonds. The summed E-state index contributed by atoms with van der Waals surface area (Å²) in [6, 6.07) is 11.1. The average molecular weight is 470 g/mol. The van der Waals surface area contributed by atoms with E-state index in [2.05, 4.69) is 6.92 Å². The van der Waals surface area contributed by atoms with Crippen molar-refractivity contribution in [3.05, 3.63) is 42.0 Å². The minimum Gasteiger partial charge on any atom is -0.282 e. The van der Waals surface area contributed by atoms with E-state index in [0.717, 1.165) is 23.8 Å². The first-order chi connectivity index (χ1) is 15.0. The van der Waals surface area contributed by atoms with Crippen LogP contribution in [0.1, 0.15) is 109 Å². The van der Waals surface area contributed by atoms with Crippen LogP contribution in [-0.2, 0) is 16.5 Å². The zero-order valence-electron chi connectivity index (χ0n) is 20.4. The third kappa shape index (κ3) is 11.2. The van der Waals surface area contributed by atoms with E-state index in [1.807, 2.05) is 30.3 Å². The van der Waals surface area contributed by atoms with Gasteiger partial charge in [0.05, 0.1) is 0 Å². The van der Waals surface area contributed by atoms with Crippen molar-refractivity contribution >= 4 is 50.4 Å². The molecule has 1 radical (unpaired) electrons. The number of benzene rings is 2. The Labute approximate surface area is 218 Å². The molecule has 2 rings (SSSR count). The number of aryl methyl sites for hydroxylation is 1. The SMILES string of the molecule is CCCCCCCCCCCCCCCCCc1ccc2ccccc2c1S(=O)(=O)O.[Na]. The summed E-state index contributed by atoms with van der Waals surface area (Å²) in [6.07, 6.45) is 20.4. The number of unbranched alkanes of at least 4 members (excludes halogenated alkanes) is 14. The summed E-state index contributed by atoms with van der Waals surface area (Å²) in [5, 5.41) is 1.46. The molecule has 1 N–H and O–H groups in total. The minimum absolute atomic E-state index is 0. The van der Waals surface area contributed by atoms with Gasteiger partial charge < -0.3 is 0 Å². The Morgan fingerprint density at radius 2 is 1.12 bits per heavy atom. The summed E-state index contributed by atoms with van der Waals surface area (Å²) in [7, 11) is -4.23. The standard InChI is InChI=1S/C27H42O3S.Na/c1-2-3-4-5-6-7-8-9-10-11-12-13-14-15-16-20-25-23-22-24-19-17-18-21-26(24)27(25)31(28,29)30;/h17-19,21-23H,2-16,20H2,1H3,(H,28,29,30);. The van der Waals surface area contributed by atoms with Crippen molar-refractivity contribution in [3.8, 4) is 0 Å². The number of fused-ring (bicyclic) bond motifs is 1. The monoisotopic (exact) mass is 469 g/mol. The van der Waals surface area contributed by atoms with Gasteiger partial charge in [0.2, 0.25) is 0 Å². The zero-order valence-corrected chi connectivity index (χ0v) is 23.3. The van der Waals surface area contributed by atoms with Crippen LogP contribution in [-0.4, -0.2) is 42.5 Å². The van der Waals surface area contributed by atoms with Crippen molar-refractivity contribution in [2.75, 3.05) is 0 Å². The van der Waals surface area contributed by atoms with Gasteiger partial charge in [0.25, 0.3) is 10.1 Å². The van der Waals surface area contributed by atoms with E-state index in [-0.39, 0.29) is 34.5 Å². The van der Waals surface area contributed by atoms with Gasteiger partial charge in [-0.05, 0) is 23.8 Å². The van der Waals surface area contributed by atoms with Gasteiger partial charge in [-0.2, -0.15) is 8.42 Å². The van der Waals surface area contributed by atoms with Crippen molar-refractivity contribution in [2.24, 2.45) is 0 Å². The molecule has 2 aromatic carbocycles. The van der Waals surface area contributed by atoms with Gasteiger partial charge in [0.1, 0.15) is 4.90 Å². The minimum atomic E-state index is -4.23. The molecule has 3 nitrogen and oxygen atoms in total. The molecule has 0 saturated carbocycles. The van der Waals surface area contributed by atoms with Gasteiger partial charge in [0.15, 0.2) is 0 Å². The predicted octanol–water partition coefficient (Wildman–Crippen LogP) is 8.12. The fraction of sp³-hybridized carbons (Fsp3) is 0.630. The Hall–Kier alpha value is -0.390. The Morgan fingerprint density at radius 3 is 1.62 bits per heavy atom. The van der Waals surface area contributed by atoms with Gasteiger partial charge in [-0.25, -0.2) is 0 Å². The normalized spacial score (nSPS) is 11.6. The average Bonchev–Trinajstić information content (AvgIpc) is 2.75. The fourth-order valence-corrected chi connectivity index (χ4v) is 5.44. The van der Waals surface area contributed by atoms with E-state index < -0.39 is 10.1 Å². The van der Waals surface area contributed by atoms with Crippen molar-refractivity contribution < 1.29 is 13.0 Å². The molecule has 0 atom stereocenters. The molecule has 0 spiro atoms. The van der Waals surface area contributed by atoms with Crippen LogP contribution < -0.4 is 0 Å². The molecule has 32 heavy (non-hydrogen) atoms. The zero-order chi connectivity index (χ0) is 22.4. The van der Waals surface area contributed by atoms with Crippen LogP contribution in [0.4, 0.5) is 0 Å². The van der Waals surface area contributed by atoms with Crippen LogP contribution in [0.5, 0.6) is 0 Å². The predicted molar refractivity (Wildman–Crippen MR) is 138 cm³/mol. The summed E-state index contributed by atoms with van der Waals surface area (Å²) in [5.74, 6) is 0. The molecule has 2 aromatic rings. The molecule has 0 unspecified atom stereocenters. The van der Waals surface area contributed by atoms with Gasteiger partial charge >= 0.3 is 0 Å². The maximum Gasteiger partial charge on any atom is 0.295 e. The van der Waals surface area contributed by atoms with Crippen molar-refractivity contribution in [1.82, 2.24) is 0 Å². The third-order valence-corrected chi connectivity index (χ3v) is 7.27. The third-order valence-electron chi connectivity index (χ3n) is 6.27. The summed E-state index contributed by atoms with van der Waals surface area (Å²) in [5.41, 5.74) is 0.732.